The van der Waals surface area contributed by atoms with E-state index in [9.17, 15) is 67.1 Å². The molecule has 0 amide bonds. The average molecular weight is 1960 g/mol. The molecule has 0 aliphatic carbocycles. The van der Waals surface area contributed by atoms with Crippen molar-refractivity contribution in [2.24, 2.45) is 32.5 Å². The van der Waals surface area contributed by atoms with Crippen molar-refractivity contribution < 1.29 is 126 Å². The Labute approximate surface area is 794 Å². The lowest BCUT2D eigenvalue weighted by atomic mass is 9.70. The third kappa shape index (κ3) is 20.8. The summed E-state index contributed by atoms with van der Waals surface area (Å²) in [7, 11) is -5.68. The summed E-state index contributed by atoms with van der Waals surface area (Å²) in [5, 5.41) is 0.462. The van der Waals surface area contributed by atoms with Gasteiger partial charge in [0.25, 0.3) is 0 Å². The lowest BCUT2D eigenvalue weighted by Gasteiger charge is -2.57. The number of phosphoric ester groups is 1. The number of nitrogens with zero attached hydrogens (tertiary/aromatic N) is 3. The van der Waals surface area contributed by atoms with Crippen LogP contribution in [0.4, 0.5) is 52.7 Å². The van der Waals surface area contributed by atoms with E-state index < -0.39 is 127 Å². The zero-order chi connectivity index (χ0) is 102. The molecule has 9 aromatic carbocycles. The topological polar surface area (TPSA) is 269 Å². The Morgan fingerprint density at radius 3 is 0.729 bits per heavy atom. The number of ether oxygens (including phenoxy) is 6. The molecule has 0 spiro atoms. The van der Waals surface area contributed by atoms with Crippen molar-refractivity contribution in [3.05, 3.63) is 301 Å². The third-order valence-corrected chi connectivity index (χ3v) is 24.8. The van der Waals surface area contributed by atoms with Gasteiger partial charge >= 0.3 is 26.4 Å². The molecule has 0 radical (unpaired) electrons. The molecule has 0 bridgehead atoms. The summed E-state index contributed by atoms with van der Waals surface area (Å²) in [6.45, 7) is 32.0. The number of benzene rings is 9. The molecule has 0 atom stereocenters. The molecule has 15 aromatic rings. The molecule has 734 valence electrons. The maximum Gasteiger partial charge on any atom is 0.485 e. The number of aromatic nitrogens is 3. The lowest BCUT2D eigenvalue weighted by Crippen LogP contribution is -2.63. The number of alkyl halides is 9. The van der Waals surface area contributed by atoms with Crippen LogP contribution >= 0.6 is 7.82 Å². The van der Waals surface area contributed by atoms with Crippen LogP contribution in [0.5, 0.6) is 34.5 Å². The van der Waals surface area contributed by atoms with E-state index in [2.05, 4.69) is 15.0 Å². The molecular weight excluding hydrogens is 1870 g/mol. The van der Waals surface area contributed by atoms with Crippen LogP contribution in [0.1, 0.15) is 158 Å². The molecule has 6 aromatic heterocycles. The number of rotatable bonds is 27. The van der Waals surface area contributed by atoms with Crippen molar-refractivity contribution in [1.29, 1.82) is 0 Å². The molecule has 0 N–H and O–H groups in total. The van der Waals surface area contributed by atoms with Crippen LogP contribution in [-0.2, 0) is 56.5 Å². The summed E-state index contributed by atoms with van der Waals surface area (Å²) in [5.74, 6) is -9.65. The van der Waals surface area contributed by atoms with E-state index in [4.69, 9.17) is 68.5 Å². The molecule has 0 aliphatic rings. The molecule has 6 heterocycles. The van der Waals surface area contributed by atoms with Crippen LogP contribution < -0.4 is 44.7 Å². The number of oxazole rings is 3. The van der Waals surface area contributed by atoms with Gasteiger partial charge in [0.15, 0.2) is 16.3 Å². The van der Waals surface area contributed by atoms with Gasteiger partial charge in [-0.05, 0) is 144 Å². The number of hydrogen-bond acceptors (Lipinski definition) is 22. The standard InChI is InChI=1S/C105H96F12N3O19P/c1-94(2,3)103(95(4,5)6,134-73-25-19-58(20-26-73)82-55-128-85-46-76(31-34-79(85)88(82)121)125-49-70-52-131-91(118-70)61-37-64(100(109,110)111)43-67(106)40-61)137-140(124,138-104(96(7,8)9,97(10,11)12)135-74-27-21-59(22-28-74)83-56-129-86-47-77(32-35-80(86)89(83)122)126-50-71-53-132-92(119-71)62-38-65(101(112,113)114)44-68(107)41-62)139-105(98(13,14)15,99(16,17)18)136-75-29-23-60(24-30-75)84-57-130-87-48-78(33-36-81(87)90(84)123)127-51-72-54-133-93(120-72)63-39-66(102(115,116)117)45-69(108)42-63/h19-48,52-57H,49-51H2,1-18H3. The third-order valence-electron chi connectivity index (χ3n) is 23.4. The molecule has 0 unspecified atom stereocenters. The minimum atomic E-state index is -5.68. The Bertz CT molecular complexity index is 6670. The summed E-state index contributed by atoms with van der Waals surface area (Å²) in [5.41, 5.74) is -11.0. The Morgan fingerprint density at radius 2 is 0.507 bits per heavy atom. The normalized spacial score (nSPS) is 13.2. The molecular formula is C105H96F12N3O19P. The fourth-order valence-electron chi connectivity index (χ4n) is 17.1. The summed E-state index contributed by atoms with van der Waals surface area (Å²) in [4.78, 5) is 56.3. The molecule has 0 saturated carbocycles. The summed E-state index contributed by atoms with van der Waals surface area (Å²) >= 11 is 0. The van der Waals surface area contributed by atoms with Crippen molar-refractivity contribution in [1.82, 2.24) is 15.0 Å². The second-order valence-electron chi connectivity index (χ2n) is 39.8. The van der Waals surface area contributed by atoms with Crippen LogP contribution in [-0.4, -0.2) is 32.3 Å². The number of phosphoric acid groups is 1. The fraction of sp³-hybridized carbons (Fsp3) is 0.314. The van der Waals surface area contributed by atoms with Crippen molar-refractivity contribution >= 4 is 40.7 Å². The van der Waals surface area contributed by atoms with Gasteiger partial charge in [-0.1, -0.05) is 161 Å². The van der Waals surface area contributed by atoms with Gasteiger partial charge in [-0.2, -0.15) is 39.5 Å². The average Bonchev–Trinajstić information content (AvgIpc) is 0.812. The van der Waals surface area contributed by atoms with Crippen LogP contribution in [0.25, 0.3) is 101 Å². The zero-order valence-corrected chi connectivity index (χ0v) is 79.9. The molecule has 0 aliphatic heterocycles. The first-order chi connectivity index (χ1) is 65.2. The fourth-order valence-corrected chi connectivity index (χ4v) is 19.9. The predicted molar refractivity (Wildman–Crippen MR) is 495 cm³/mol. The monoisotopic (exact) mass is 1960 g/mol. The highest BCUT2D eigenvalue weighted by atomic mass is 31.2. The molecule has 0 saturated heterocycles. The van der Waals surface area contributed by atoms with E-state index in [1.807, 2.05) is 125 Å². The van der Waals surface area contributed by atoms with E-state index in [0.717, 1.165) is 37.0 Å². The van der Waals surface area contributed by atoms with Crippen LogP contribution in [0.2, 0.25) is 0 Å². The summed E-state index contributed by atoms with van der Waals surface area (Å²) in [6.07, 6.45) is -7.24. The zero-order valence-electron chi connectivity index (χ0n) is 79.0. The largest absolute Gasteiger partial charge is 0.487 e. The maximum absolute atomic E-state index is 18.3. The van der Waals surface area contributed by atoms with E-state index in [1.54, 1.807) is 72.8 Å². The minimum absolute atomic E-state index is 0.124. The van der Waals surface area contributed by atoms with Crippen LogP contribution in [0.3, 0.4) is 0 Å². The first-order valence-corrected chi connectivity index (χ1v) is 45.3. The van der Waals surface area contributed by atoms with Gasteiger partial charge in [-0.25, -0.2) is 46.3 Å². The molecule has 22 nitrogen and oxygen atoms in total. The highest BCUT2D eigenvalue weighted by Gasteiger charge is 2.69. The predicted octanol–water partition coefficient (Wildman–Crippen LogP) is 29.2. The molecule has 35 heteroatoms. The Kier molecular flexibility index (Phi) is 26.5. The second-order valence-corrected chi connectivity index (χ2v) is 41.3. The Morgan fingerprint density at radius 1 is 0.279 bits per heavy atom. The van der Waals surface area contributed by atoms with Crippen molar-refractivity contribution in [3.8, 4) is 102 Å². The van der Waals surface area contributed by atoms with E-state index in [0.29, 0.717) is 53.1 Å². The maximum atomic E-state index is 18.3. The van der Waals surface area contributed by atoms with Crippen LogP contribution in [0, 0.1) is 49.9 Å². The lowest BCUT2D eigenvalue weighted by molar-refractivity contribution is -0.314. The number of fused-ring (bicyclic) bond motifs is 3. The highest BCUT2D eigenvalue weighted by molar-refractivity contribution is 7.48. The van der Waals surface area contributed by atoms with Crippen LogP contribution in [0.15, 0.2) is 260 Å². The van der Waals surface area contributed by atoms with E-state index in [1.165, 1.54) is 73.4 Å². The number of halogens is 12. The van der Waals surface area contributed by atoms with Gasteiger partial charge in [0.2, 0.25) is 35.0 Å². The quantitative estimate of drug-likeness (QED) is 0.0263. The van der Waals surface area contributed by atoms with Gasteiger partial charge in [-0.3, -0.25) is 14.4 Å². The minimum Gasteiger partial charge on any atom is -0.487 e. The van der Waals surface area contributed by atoms with Gasteiger partial charge in [0.05, 0.1) is 49.5 Å². The highest BCUT2D eigenvalue weighted by Crippen LogP contribution is 2.70. The van der Waals surface area contributed by atoms with Gasteiger partial charge in [0, 0.05) is 67.4 Å². The van der Waals surface area contributed by atoms with E-state index >= 15 is 4.57 Å². The van der Waals surface area contributed by atoms with Gasteiger partial charge in [0.1, 0.15) is 143 Å². The van der Waals surface area contributed by atoms with Crippen molar-refractivity contribution in [2.45, 2.75) is 180 Å². The first kappa shape index (κ1) is 101. The second kappa shape index (κ2) is 36.8. The summed E-state index contributed by atoms with van der Waals surface area (Å²) < 4.78 is 280. The van der Waals surface area contributed by atoms with Crippen molar-refractivity contribution in [3.63, 3.8) is 0 Å². The van der Waals surface area contributed by atoms with Gasteiger partial charge in [-0.15, -0.1) is 0 Å². The smallest absolute Gasteiger partial charge is 0.485 e. The number of hydrogen-bond donors (Lipinski definition) is 0. The molecule has 140 heavy (non-hydrogen) atoms. The van der Waals surface area contributed by atoms with Gasteiger partial charge < -0.3 is 54.9 Å². The first-order valence-electron chi connectivity index (χ1n) is 43.8. The summed E-state index contributed by atoms with van der Waals surface area (Å²) in [6, 6.07) is 38.4. The van der Waals surface area contributed by atoms with E-state index in [-0.39, 0.29) is 155 Å². The Hall–Kier alpha value is -13.7. The Balaban J connectivity index is 0.743. The molecule has 15 rings (SSSR count). The SMILES string of the molecule is CC(C)(C)C(Oc1ccc(-c2coc3cc(OCc4coc(-c5cc(F)cc(C(F)(F)F)c5)n4)ccc3c2=O)cc1)(OP(=O)(OC(Oc1ccc(-c2coc3cc(OCc4coc(-c5cc(F)cc(C(F)(F)F)c5)n4)ccc3c2=O)cc1)(C(C)(C)C)C(C)(C)C)OC(Oc1ccc(-c2coc3cc(OCc4coc(-c5cc(F)cc(C(F)(F)F)c5)n4)ccc3c2=O)cc1)(C(C)(C)C)C(C)(C)C)C(C)(C)C. The molecule has 0 fully saturated rings. The van der Waals surface area contributed by atoms with Crippen molar-refractivity contribution in [2.75, 3.05) is 0 Å².